The number of aromatic nitrogens is 2. The Kier molecular flexibility index (Phi) is 11.1. The number of rotatable bonds is 8. The largest absolute Gasteiger partial charge is 0.379 e. The summed E-state index contributed by atoms with van der Waals surface area (Å²) in [5.74, 6) is 2.59. The number of morpholine rings is 1. The van der Waals surface area contributed by atoms with E-state index in [0.29, 0.717) is 30.2 Å². The minimum atomic E-state index is 0. The van der Waals surface area contributed by atoms with Crippen molar-refractivity contribution in [3.63, 3.8) is 0 Å². The molecule has 1 aliphatic heterocycles. The molecule has 0 saturated carbocycles. The molecule has 0 aromatic carbocycles. The van der Waals surface area contributed by atoms with Gasteiger partial charge in [-0.15, -0.1) is 24.0 Å². The van der Waals surface area contributed by atoms with E-state index in [2.05, 4.69) is 51.4 Å². The Hall–Kier alpha value is -0.940. The number of nitrogens with zero attached hydrogens (tertiary/aromatic N) is 4. The van der Waals surface area contributed by atoms with E-state index in [1.54, 1.807) is 6.92 Å². The molecule has 1 saturated heterocycles. The van der Waals surface area contributed by atoms with E-state index >= 15 is 0 Å². The topological polar surface area (TPSA) is 87.8 Å². The zero-order chi connectivity index (χ0) is 18.1. The molecule has 0 bridgehead atoms. The second kappa shape index (κ2) is 12.4. The van der Waals surface area contributed by atoms with E-state index in [1.807, 2.05) is 0 Å². The molecule has 0 aliphatic carbocycles. The van der Waals surface area contributed by atoms with Crippen molar-refractivity contribution in [3.05, 3.63) is 11.7 Å². The lowest BCUT2D eigenvalue weighted by Crippen LogP contribution is -2.51. The van der Waals surface area contributed by atoms with Crippen LogP contribution in [0.15, 0.2) is 9.52 Å². The minimum absolute atomic E-state index is 0. The predicted molar refractivity (Wildman–Crippen MR) is 113 cm³/mol. The standard InChI is InChI=1S/C17H32N6O2.HI/c1-5-18-17(20-12-16-21-14(4)25-22-16)19-11-15(10-13(2)3)23-6-8-24-9-7-23;/h13,15H,5-12H2,1-4H3,(H2,18,19,20);1H. The second-order valence-corrected chi connectivity index (χ2v) is 6.74. The van der Waals surface area contributed by atoms with Gasteiger partial charge in [-0.25, -0.2) is 4.99 Å². The molecule has 8 nitrogen and oxygen atoms in total. The number of aliphatic imine (C=N–C) groups is 1. The normalized spacial score (nSPS) is 17.0. The van der Waals surface area contributed by atoms with Crippen molar-refractivity contribution in [2.45, 2.75) is 46.7 Å². The summed E-state index contributed by atoms with van der Waals surface area (Å²) in [7, 11) is 0. The van der Waals surface area contributed by atoms with Crippen LogP contribution in [0.5, 0.6) is 0 Å². The van der Waals surface area contributed by atoms with Gasteiger partial charge in [0.2, 0.25) is 5.89 Å². The summed E-state index contributed by atoms with van der Waals surface area (Å²) in [6, 6.07) is 0.472. The molecule has 0 amide bonds. The number of guanidine groups is 1. The van der Waals surface area contributed by atoms with E-state index in [1.165, 1.54) is 0 Å². The van der Waals surface area contributed by atoms with Crippen molar-refractivity contribution >= 4 is 29.9 Å². The predicted octanol–water partition coefficient (Wildman–Crippen LogP) is 1.80. The molecular formula is C17H33IN6O2. The number of ether oxygens (including phenoxy) is 1. The second-order valence-electron chi connectivity index (χ2n) is 6.74. The Morgan fingerprint density at radius 2 is 2.00 bits per heavy atom. The van der Waals surface area contributed by atoms with Crippen LogP contribution >= 0.6 is 24.0 Å². The molecule has 1 aromatic heterocycles. The fraction of sp³-hybridized carbons (Fsp3) is 0.824. The van der Waals surface area contributed by atoms with Crippen LogP contribution in [-0.4, -0.2) is 66.4 Å². The van der Waals surface area contributed by atoms with Crippen LogP contribution in [0, 0.1) is 12.8 Å². The zero-order valence-corrected chi connectivity index (χ0v) is 18.7. The summed E-state index contributed by atoms with van der Waals surface area (Å²) in [5.41, 5.74) is 0. The number of hydrogen-bond acceptors (Lipinski definition) is 6. The highest BCUT2D eigenvalue weighted by molar-refractivity contribution is 14.0. The van der Waals surface area contributed by atoms with Gasteiger partial charge in [0.15, 0.2) is 11.8 Å². The van der Waals surface area contributed by atoms with Crippen molar-refractivity contribution in [3.8, 4) is 0 Å². The van der Waals surface area contributed by atoms with Crippen molar-refractivity contribution in [2.24, 2.45) is 10.9 Å². The van der Waals surface area contributed by atoms with Gasteiger partial charge in [-0.3, -0.25) is 4.90 Å². The molecule has 0 spiro atoms. The van der Waals surface area contributed by atoms with Crippen molar-refractivity contribution in [1.29, 1.82) is 0 Å². The molecule has 1 aromatic rings. The summed E-state index contributed by atoms with van der Waals surface area (Å²) >= 11 is 0. The van der Waals surface area contributed by atoms with Gasteiger partial charge in [-0.1, -0.05) is 19.0 Å². The van der Waals surface area contributed by atoms with Crippen LogP contribution in [0.4, 0.5) is 0 Å². The quantitative estimate of drug-likeness (QED) is 0.333. The first-order chi connectivity index (χ1) is 12.1. The Morgan fingerprint density at radius 1 is 1.27 bits per heavy atom. The maximum atomic E-state index is 5.49. The molecule has 1 unspecified atom stereocenters. The Morgan fingerprint density at radius 3 is 2.58 bits per heavy atom. The molecule has 1 aliphatic rings. The fourth-order valence-corrected chi connectivity index (χ4v) is 2.96. The molecule has 1 atom stereocenters. The average Bonchev–Trinajstić information content (AvgIpc) is 3.02. The van der Waals surface area contributed by atoms with Crippen molar-refractivity contribution in [2.75, 3.05) is 39.4 Å². The number of nitrogens with one attached hydrogen (secondary N) is 2. The molecule has 2 N–H and O–H groups in total. The van der Waals surface area contributed by atoms with Crippen LogP contribution in [-0.2, 0) is 11.3 Å². The monoisotopic (exact) mass is 480 g/mol. The Bertz CT molecular complexity index is 531. The molecule has 0 radical (unpaired) electrons. The maximum absolute atomic E-state index is 5.49. The van der Waals surface area contributed by atoms with Crippen LogP contribution in [0.3, 0.4) is 0 Å². The average molecular weight is 480 g/mol. The van der Waals surface area contributed by atoms with Gasteiger partial charge in [0.05, 0.1) is 13.2 Å². The highest BCUT2D eigenvalue weighted by atomic mass is 127. The van der Waals surface area contributed by atoms with E-state index in [-0.39, 0.29) is 24.0 Å². The Labute approximate surface area is 173 Å². The summed E-state index contributed by atoms with van der Waals surface area (Å²) in [6.07, 6.45) is 1.15. The first-order valence-corrected chi connectivity index (χ1v) is 9.21. The smallest absolute Gasteiger partial charge is 0.223 e. The van der Waals surface area contributed by atoms with Gasteiger partial charge in [-0.2, -0.15) is 4.98 Å². The number of halogens is 1. The first kappa shape index (κ1) is 23.1. The van der Waals surface area contributed by atoms with Gasteiger partial charge in [0, 0.05) is 39.1 Å². The molecule has 2 rings (SSSR count). The lowest BCUT2D eigenvalue weighted by molar-refractivity contribution is 0.0132. The number of aryl methyl sites for hydroxylation is 1. The SMILES string of the molecule is CCNC(=NCc1noc(C)n1)NCC(CC(C)C)N1CCOCC1.I. The van der Waals surface area contributed by atoms with Gasteiger partial charge in [0.1, 0.15) is 6.54 Å². The molecule has 2 heterocycles. The lowest BCUT2D eigenvalue weighted by atomic mass is 10.0. The fourth-order valence-electron chi connectivity index (χ4n) is 2.96. The molecule has 1 fully saturated rings. The van der Waals surface area contributed by atoms with E-state index in [4.69, 9.17) is 9.26 Å². The summed E-state index contributed by atoms with van der Waals surface area (Å²) < 4.78 is 10.5. The van der Waals surface area contributed by atoms with Gasteiger partial charge in [0.25, 0.3) is 0 Å². The third-order valence-corrected chi connectivity index (χ3v) is 4.10. The summed E-state index contributed by atoms with van der Waals surface area (Å²) in [4.78, 5) is 11.3. The zero-order valence-electron chi connectivity index (χ0n) is 16.3. The van der Waals surface area contributed by atoms with E-state index < -0.39 is 0 Å². The van der Waals surface area contributed by atoms with Crippen LogP contribution in [0.25, 0.3) is 0 Å². The first-order valence-electron chi connectivity index (χ1n) is 9.21. The third-order valence-electron chi connectivity index (χ3n) is 4.10. The minimum Gasteiger partial charge on any atom is -0.379 e. The lowest BCUT2D eigenvalue weighted by Gasteiger charge is -2.35. The highest BCUT2D eigenvalue weighted by Crippen LogP contribution is 2.13. The molecule has 150 valence electrons. The summed E-state index contributed by atoms with van der Waals surface area (Å²) in [6.45, 7) is 14.1. The van der Waals surface area contributed by atoms with Crippen LogP contribution in [0.2, 0.25) is 0 Å². The van der Waals surface area contributed by atoms with E-state index in [0.717, 1.165) is 51.8 Å². The number of hydrogen-bond donors (Lipinski definition) is 2. The molecular weight excluding hydrogens is 447 g/mol. The van der Waals surface area contributed by atoms with Crippen molar-refractivity contribution < 1.29 is 9.26 Å². The summed E-state index contributed by atoms with van der Waals surface area (Å²) in [5, 5.41) is 10.6. The van der Waals surface area contributed by atoms with Gasteiger partial charge < -0.3 is 19.9 Å². The van der Waals surface area contributed by atoms with Gasteiger partial charge >= 0.3 is 0 Å². The highest BCUT2D eigenvalue weighted by Gasteiger charge is 2.22. The maximum Gasteiger partial charge on any atom is 0.223 e. The van der Waals surface area contributed by atoms with Crippen molar-refractivity contribution in [1.82, 2.24) is 25.7 Å². The van der Waals surface area contributed by atoms with Crippen LogP contribution < -0.4 is 10.6 Å². The third kappa shape index (κ3) is 8.17. The van der Waals surface area contributed by atoms with Gasteiger partial charge in [-0.05, 0) is 19.3 Å². The molecule has 26 heavy (non-hydrogen) atoms. The molecule has 9 heteroatoms. The van der Waals surface area contributed by atoms with E-state index in [9.17, 15) is 0 Å². The van der Waals surface area contributed by atoms with Crippen LogP contribution in [0.1, 0.15) is 38.9 Å². The Balaban J connectivity index is 0.00000338.